The van der Waals surface area contributed by atoms with Crippen molar-refractivity contribution in [2.45, 2.75) is 60.1 Å². The zero-order valence-corrected chi connectivity index (χ0v) is 19.5. The lowest BCUT2D eigenvalue weighted by atomic mass is 9.87. The van der Waals surface area contributed by atoms with Crippen LogP contribution in [0.2, 0.25) is 0 Å². The average Bonchev–Trinajstić information content (AvgIpc) is 2.98. The van der Waals surface area contributed by atoms with E-state index in [-0.39, 0.29) is 5.41 Å². The van der Waals surface area contributed by atoms with Crippen LogP contribution in [0.3, 0.4) is 0 Å². The highest BCUT2D eigenvalue weighted by Gasteiger charge is 2.17. The average molecular weight is 413 g/mol. The van der Waals surface area contributed by atoms with Crippen molar-refractivity contribution in [3.05, 3.63) is 94.4 Å². The minimum absolute atomic E-state index is 0.162. The lowest BCUT2D eigenvalue weighted by Crippen LogP contribution is -2.11. The van der Waals surface area contributed by atoms with Gasteiger partial charge in [-0.1, -0.05) is 62.7 Å². The van der Waals surface area contributed by atoms with Crippen LogP contribution in [0.15, 0.2) is 60.8 Å². The standard InChI is InChI=1S/C28H32N2O/c1-19-7-13-24(14-8-19)31-18-26-27-25(15-16-29-26)20(2)21(3)30(27)17-22-9-11-23(12-10-22)28(4,5)6/h7-16H,17-18H2,1-6H3. The largest absolute Gasteiger partial charge is 0.487 e. The summed E-state index contributed by atoms with van der Waals surface area (Å²) in [5, 5.41) is 1.25. The Hall–Kier alpha value is -3.07. The van der Waals surface area contributed by atoms with E-state index < -0.39 is 0 Å². The molecule has 2 aromatic carbocycles. The van der Waals surface area contributed by atoms with Gasteiger partial charge < -0.3 is 9.30 Å². The fourth-order valence-electron chi connectivity index (χ4n) is 4.05. The normalized spacial score (nSPS) is 11.8. The van der Waals surface area contributed by atoms with Crippen LogP contribution in [0.1, 0.15) is 54.4 Å². The molecule has 0 unspecified atom stereocenters. The molecule has 0 aliphatic rings. The van der Waals surface area contributed by atoms with E-state index in [1.165, 1.54) is 38.9 Å². The Morgan fingerprint density at radius 1 is 0.871 bits per heavy atom. The summed E-state index contributed by atoms with van der Waals surface area (Å²) in [5.41, 5.74) is 8.77. The fraction of sp³-hybridized carbons (Fsp3) is 0.321. The number of hydrogen-bond donors (Lipinski definition) is 0. The maximum absolute atomic E-state index is 6.09. The van der Waals surface area contributed by atoms with Crippen LogP contribution in [0, 0.1) is 20.8 Å². The number of benzene rings is 2. The monoisotopic (exact) mass is 412 g/mol. The van der Waals surface area contributed by atoms with Crippen LogP contribution in [0.25, 0.3) is 10.9 Å². The van der Waals surface area contributed by atoms with Gasteiger partial charge >= 0.3 is 0 Å². The van der Waals surface area contributed by atoms with Crippen LogP contribution < -0.4 is 4.74 Å². The number of hydrogen-bond acceptors (Lipinski definition) is 2. The highest BCUT2D eigenvalue weighted by atomic mass is 16.5. The van der Waals surface area contributed by atoms with Crippen LogP contribution >= 0.6 is 0 Å². The maximum Gasteiger partial charge on any atom is 0.132 e. The van der Waals surface area contributed by atoms with E-state index >= 15 is 0 Å². The summed E-state index contributed by atoms with van der Waals surface area (Å²) < 4.78 is 8.47. The van der Waals surface area contributed by atoms with Gasteiger partial charge in [-0.3, -0.25) is 4.98 Å². The number of fused-ring (bicyclic) bond motifs is 1. The number of aryl methyl sites for hydroxylation is 2. The smallest absolute Gasteiger partial charge is 0.132 e. The van der Waals surface area contributed by atoms with Gasteiger partial charge in [0.15, 0.2) is 0 Å². The molecule has 0 fully saturated rings. The second kappa shape index (κ2) is 8.22. The van der Waals surface area contributed by atoms with Crippen LogP contribution in [0.4, 0.5) is 0 Å². The third kappa shape index (κ3) is 4.36. The van der Waals surface area contributed by atoms with E-state index in [1.54, 1.807) is 0 Å². The van der Waals surface area contributed by atoms with Gasteiger partial charge in [-0.05, 0) is 61.1 Å². The lowest BCUT2D eigenvalue weighted by molar-refractivity contribution is 0.302. The van der Waals surface area contributed by atoms with Gasteiger partial charge in [0.25, 0.3) is 0 Å². The number of rotatable bonds is 5. The van der Waals surface area contributed by atoms with Crippen molar-refractivity contribution in [2.75, 3.05) is 0 Å². The van der Waals surface area contributed by atoms with E-state index in [0.29, 0.717) is 6.61 Å². The Kier molecular flexibility index (Phi) is 5.62. The minimum atomic E-state index is 0.162. The van der Waals surface area contributed by atoms with Gasteiger partial charge in [0.05, 0.1) is 5.52 Å². The molecule has 0 spiro atoms. The van der Waals surface area contributed by atoms with Crippen LogP contribution in [-0.4, -0.2) is 9.55 Å². The summed E-state index contributed by atoms with van der Waals surface area (Å²) >= 11 is 0. The molecule has 0 radical (unpaired) electrons. The molecule has 3 nitrogen and oxygen atoms in total. The predicted octanol–water partition coefficient (Wildman–Crippen LogP) is 6.89. The summed E-state index contributed by atoms with van der Waals surface area (Å²) in [6.45, 7) is 14.5. The number of ether oxygens (including phenoxy) is 1. The van der Waals surface area contributed by atoms with E-state index in [4.69, 9.17) is 9.72 Å². The van der Waals surface area contributed by atoms with Gasteiger partial charge in [0.2, 0.25) is 0 Å². The first-order valence-corrected chi connectivity index (χ1v) is 11.0. The molecule has 2 aromatic heterocycles. The quantitative estimate of drug-likeness (QED) is 0.357. The first-order chi connectivity index (χ1) is 14.7. The summed E-state index contributed by atoms with van der Waals surface area (Å²) in [4.78, 5) is 4.70. The molecule has 31 heavy (non-hydrogen) atoms. The van der Waals surface area contributed by atoms with E-state index in [9.17, 15) is 0 Å². The second-order valence-corrected chi connectivity index (χ2v) is 9.50. The van der Waals surface area contributed by atoms with Crippen molar-refractivity contribution < 1.29 is 4.74 Å². The summed E-state index contributed by atoms with van der Waals surface area (Å²) in [6, 6.07) is 19.3. The van der Waals surface area contributed by atoms with Crippen molar-refractivity contribution >= 4 is 10.9 Å². The zero-order chi connectivity index (χ0) is 22.2. The van der Waals surface area contributed by atoms with Crippen molar-refractivity contribution in [3.8, 4) is 5.75 Å². The first kappa shape index (κ1) is 21.2. The zero-order valence-electron chi connectivity index (χ0n) is 19.5. The Balaban J connectivity index is 1.68. The van der Waals surface area contributed by atoms with Crippen LogP contribution in [0.5, 0.6) is 5.75 Å². The van der Waals surface area contributed by atoms with Gasteiger partial charge in [-0.25, -0.2) is 0 Å². The van der Waals surface area contributed by atoms with Crippen molar-refractivity contribution in [1.29, 1.82) is 0 Å². The summed E-state index contributed by atoms with van der Waals surface area (Å²) in [7, 11) is 0. The minimum Gasteiger partial charge on any atom is -0.487 e. The second-order valence-electron chi connectivity index (χ2n) is 9.50. The highest BCUT2D eigenvalue weighted by Crippen LogP contribution is 2.29. The molecule has 4 rings (SSSR count). The molecule has 4 aromatic rings. The maximum atomic E-state index is 6.09. The van der Waals surface area contributed by atoms with E-state index in [1.807, 2.05) is 18.3 Å². The molecule has 0 bridgehead atoms. The van der Waals surface area contributed by atoms with Gasteiger partial charge in [0.1, 0.15) is 18.1 Å². The molecule has 0 N–H and O–H groups in total. The third-order valence-electron chi connectivity index (χ3n) is 6.18. The van der Waals surface area contributed by atoms with Gasteiger partial charge in [0, 0.05) is 23.8 Å². The summed E-state index contributed by atoms with van der Waals surface area (Å²) in [5.74, 6) is 0.869. The molecular formula is C28H32N2O. The lowest BCUT2D eigenvalue weighted by Gasteiger charge is -2.19. The molecule has 0 amide bonds. The highest BCUT2D eigenvalue weighted by molar-refractivity contribution is 5.87. The molecule has 0 aliphatic carbocycles. The van der Waals surface area contributed by atoms with Crippen molar-refractivity contribution in [2.24, 2.45) is 0 Å². The molecular weight excluding hydrogens is 380 g/mol. The van der Waals surface area contributed by atoms with Gasteiger partial charge in [-0.2, -0.15) is 0 Å². The number of nitrogens with zero attached hydrogens (tertiary/aromatic N) is 2. The number of aromatic nitrogens is 2. The summed E-state index contributed by atoms with van der Waals surface area (Å²) in [6.07, 6.45) is 1.89. The van der Waals surface area contributed by atoms with E-state index in [0.717, 1.165) is 18.0 Å². The Morgan fingerprint density at radius 3 is 2.19 bits per heavy atom. The Morgan fingerprint density at radius 2 is 1.55 bits per heavy atom. The van der Waals surface area contributed by atoms with Gasteiger partial charge in [-0.15, -0.1) is 0 Å². The SMILES string of the molecule is Cc1ccc(OCc2nccc3c(C)c(C)n(Cc4ccc(C(C)(C)C)cc4)c23)cc1. The first-order valence-electron chi connectivity index (χ1n) is 11.0. The molecule has 160 valence electrons. The topological polar surface area (TPSA) is 27.1 Å². The Labute approximate surface area is 185 Å². The molecule has 0 aliphatic heterocycles. The molecule has 0 atom stereocenters. The molecule has 0 saturated carbocycles. The van der Waals surface area contributed by atoms with Crippen molar-refractivity contribution in [1.82, 2.24) is 9.55 Å². The van der Waals surface area contributed by atoms with Crippen molar-refractivity contribution in [3.63, 3.8) is 0 Å². The molecule has 0 saturated heterocycles. The Bertz CT molecular complexity index is 1190. The fourth-order valence-corrected chi connectivity index (χ4v) is 4.05. The van der Waals surface area contributed by atoms with E-state index in [2.05, 4.69) is 88.6 Å². The predicted molar refractivity (Wildman–Crippen MR) is 129 cm³/mol. The number of pyridine rings is 1. The van der Waals surface area contributed by atoms with Crippen LogP contribution in [-0.2, 0) is 18.6 Å². The molecule has 2 heterocycles. The molecule has 3 heteroatoms. The third-order valence-corrected chi connectivity index (χ3v) is 6.18.